The number of halogens is 1. The molecule has 7 rings (SSSR count). The molecule has 54 heavy (non-hydrogen) atoms. The highest BCUT2D eigenvalue weighted by Gasteiger charge is 2.66. The number of nitrogens with one attached hydrogen (secondary N) is 1. The first-order valence-corrected chi connectivity index (χ1v) is 22.3. The Morgan fingerprint density at radius 1 is 1.04 bits per heavy atom. The number of likely N-dealkylation sites (tertiary alicyclic amines) is 1. The van der Waals surface area contributed by atoms with Crippen LogP contribution in [0.2, 0.25) is 18.6 Å². The second-order valence-corrected chi connectivity index (χ2v) is 20.9. The zero-order valence-corrected chi connectivity index (χ0v) is 33.6. The van der Waals surface area contributed by atoms with Crippen molar-refractivity contribution in [1.82, 2.24) is 4.90 Å². The minimum absolute atomic E-state index is 0.0503. The molecule has 0 bridgehead atoms. The van der Waals surface area contributed by atoms with Gasteiger partial charge < -0.3 is 35.4 Å². The molecule has 4 aromatic carbocycles. The maximum absolute atomic E-state index is 15.2. The lowest BCUT2D eigenvalue weighted by molar-refractivity contribution is -0.150. The minimum Gasteiger partial charge on any atom is -0.497 e. The monoisotopic (exact) mass is 810 g/mol. The van der Waals surface area contributed by atoms with Crippen molar-refractivity contribution in [2.75, 3.05) is 36.2 Å². The summed E-state index contributed by atoms with van der Waals surface area (Å²) in [6.45, 7) is 7.54. The van der Waals surface area contributed by atoms with Crippen LogP contribution in [0.25, 0.3) is 0 Å². The Morgan fingerprint density at radius 3 is 2.41 bits per heavy atom. The SMILES string of the molecule is COc1ccc([Si](C)(C)[C@H]2[C@H](CC(=O)N3CCC[C@H]3CO)O[C@@]3(C(=O)N(Cc4ccc(NC(=O)c5ccc(N)cc5)cc4)c4ccc(Br)cc43)[C@@H]2C)cc1. The Bertz CT molecular complexity index is 2040. The van der Waals surface area contributed by atoms with Crippen molar-refractivity contribution >= 4 is 64.0 Å². The third kappa shape index (κ3) is 6.74. The van der Waals surface area contributed by atoms with Crippen molar-refractivity contribution in [2.45, 2.75) is 69.1 Å². The molecule has 3 aliphatic heterocycles. The third-order valence-electron chi connectivity index (χ3n) is 11.8. The molecule has 0 aliphatic carbocycles. The van der Waals surface area contributed by atoms with Crippen LogP contribution in [-0.4, -0.2) is 68.2 Å². The molecular formula is C42H47BrN4O6Si. The van der Waals surface area contributed by atoms with Gasteiger partial charge in [-0.25, -0.2) is 0 Å². The Labute approximate surface area is 325 Å². The molecule has 2 saturated heterocycles. The number of ether oxygens (including phenoxy) is 2. The molecule has 0 unspecified atom stereocenters. The van der Waals surface area contributed by atoms with Crippen molar-refractivity contribution in [3.63, 3.8) is 0 Å². The highest BCUT2D eigenvalue weighted by Crippen LogP contribution is 2.60. The van der Waals surface area contributed by atoms with Crippen molar-refractivity contribution in [1.29, 1.82) is 0 Å². The summed E-state index contributed by atoms with van der Waals surface area (Å²) in [4.78, 5) is 45.6. The molecule has 1 spiro atoms. The van der Waals surface area contributed by atoms with Crippen molar-refractivity contribution in [2.24, 2.45) is 5.92 Å². The van der Waals surface area contributed by atoms with Crippen LogP contribution in [0.1, 0.15) is 47.7 Å². The van der Waals surface area contributed by atoms with Gasteiger partial charge in [-0.15, -0.1) is 0 Å². The van der Waals surface area contributed by atoms with Gasteiger partial charge in [0.1, 0.15) is 5.75 Å². The zero-order valence-electron chi connectivity index (χ0n) is 31.1. The number of anilines is 3. The van der Waals surface area contributed by atoms with Gasteiger partial charge in [0.15, 0.2) is 5.60 Å². The number of aliphatic hydroxyl groups excluding tert-OH is 1. The van der Waals surface area contributed by atoms with E-state index in [0.717, 1.165) is 39.9 Å². The maximum atomic E-state index is 15.2. The molecule has 0 saturated carbocycles. The topological polar surface area (TPSA) is 134 Å². The van der Waals surface area contributed by atoms with Gasteiger partial charge in [-0.2, -0.15) is 0 Å². The fourth-order valence-electron chi connectivity index (χ4n) is 9.00. The summed E-state index contributed by atoms with van der Waals surface area (Å²) in [6.07, 6.45) is 1.22. The molecular weight excluding hydrogens is 764 g/mol. The molecule has 10 nitrogen and oxygen atoms in total. The van der Waals surface area contributed by atoms with E-state index in [4.69, 9.17) is 15.2 Å². The number of aliphatic hydroxyl groups is 1. The highest BCUT2D eigenvalue weighted by molar-refractivity contribution is 9.10. The minimum atomic E-state index is -2.47. The van der Waals surface area contributed by atoms with Gasteiger partial charge in [-0.3, -0.25) is 14.4 Å². The second kappa shape index (κ2) is 15.0. The molecule has 3 amide bonds. The van der Waals surface area contributed by atoms with E-state index in [1.807, 2.05) is 54.6 Å². The average molecular weight is 812 g/mol. The van der Waals surface area contributed by atoms with E-state index in [-0.39, 0.29) is 54.8 Å². The standard InChI is InChI=1S/C42H47BrN4O6Si/c1-26-39(54(3,4)34-18-16-33(52-2)17-19-34)37(23-38(49)46-21-5-6-32(46)25-48)53-42(26)35-22-29(43)11-20-36(35)47(41(42)51)24-27-7-14-31(15-8-27)45-40(50)28-9-12-30(44)13-10-28/h7-20,22,26,32,37,39,48H,5-6,21,23-25,44H2,1-4H3,(H,45,50)/t26-,32+,37+,39-,42+/m1/s1. The quantitative estimate of drug-likeness (QED) is 0.124. The van der Waals surface area contributed by atoms with E-state index < -0.39 is 19.8 Å². The van der Waals surface area contributed by atoms with Crippen molar-refractivity contribution in [3.8, 4) is 5.75 Å². The van der Waals surface area contributed by atoms with E-state index in [2.05, 4.69) is 53.4 Å². The zero-order chi connectivity index (χ0) is 38.4. The third-order valence-corrected chi connectivity index (χ3v) is 16.7. The molecule has 5 atom stereocenters. The number of rotatable bonds is 10. The van der Waals surface area contributed by atoms with Crippen LogP contribution in [0.4, 0.5) is 17.1 Å². The molecule has 0 aromatic heterocycles. The van der Waals surface area contributed by atoms with Gasteiger partial charge in [0.2, 0.25) is 5.91 Å². The van der Waals surface area contributed by atoms with E-state index in [0.29, 0.717) is 23.5 Å². The van der Waals surface area contributed by atoms with Gasteiger partial charge in [0, 0.05) is 39.4 Å². The van der Waals surface area contributed by atoms with E-state index in [1.54, 1.807) is 41.2 Å². The lowest BCUT2D eigenvalue weighted by Crippen LogP contribution is -2.52. The van der Waals surface area contributed by atoms with E-state index in [1.165, 1.54) is 5.19 Å². The first-order chi connectivity index (χ1) is 25.9. The van der Waals surface area contributed by atoms with Crippen molar-refractivity contribution < 1.29 is 29.0 Å². The van der Waals surface area contributed by atoms with Gasteiger partial charge in [0.25, 0.3) is 11.8 Å². The number of fused-ring (bicyclic) bond motifs is 2. The molecule has 3 heterocycles. The lowest BCUT2D eigenvalue weighted by atomic mass is 9.82. The van der Waals surface area contributed by atoms with Crippen molar-refractivity contribution in [3.05, 3.63) is 112 Å². The summed E-state index contributed by atoms with van der Waals surface area (Å²) in [5.41, 5.74) is 8.50. The lowest BCUT2D eigenvalue weighted by Gasteiger charge is -2.37. The van der Waals surface area contributed by atoms with Crippen LogP contribution in [0.3, 0.4) is 0 Å². The average Bonchev–Trinajstić information content (AvgIpc) is 3.83. The summed E-state index contributed by atoms with van der Waals surface area (Å²) >= 11 is 3.68. The molecule has 4 aromatic rings. The van der Waals surface area contributed by atoms with Crippen LogP contribution in [-0.2, 0) is 26.5 Å². The van der Waals surface area contributed by atoms with Gasteiger partial charge in [0.05, 0.1) is 52.6 Å². The van der Waals surface area contributed by atoms with E-state index in [9.17, 15) is 14.7 Å². The smallest absolute Gasteiger partial charge is 0.264 e. The molecule has 4 N–H and O–H groups in total. The van der Waals surface area contributed by atoms with Gasteiger partial charge >= 0.3 is 0 Å². The summed E-state index contributed by atoms with van der Waals surface area (Å²) in [6, 6.07) is 28.1. The van der Waals surface area contributed by atoms with Crippen LogP contribution in [0.5, 0.6) is 5.75 Å². The first kappa shape index (κ1) is 37.8. The number of nitrogens with two attached hydrogens (primary N) is 1. The summed E-state index contributed by atoms with van der Waals surface area (Å²) in [5, 5.41) is 14.2. The largest absolute Gasteiger partial charge is 0.497 e. The number of hydrogen-bond acceptors (Lipinski definition) is 7. The van der Waals surface area contributed by atoms with Crippen LogP contribution >= 0.6 is 15.9 Å². The van der Waals surface area contributed by atoms with Crippen LogP contribution in [0, 0.1) is 5.92 Å². The predicted octanol–water partition coefficient (Wildman–Crippen LogP) is 6.43. The van der Waals surface area contributed by atoms with Gasteiger partial charge in [-0.05, 0) is 90.7 Å². The summed E-state index contributed by atoms with van der Waals surface area (Å²) in [7, 11) is -0.816. The molecule has 3 aliphatic rings. The number of benzene rings is 4. The second-order valence-electron chi connectivity index (χ2n) is 15.3. The Hall–Kier alpha value is -4.49. The summed E-state index contributed by atoms with van der Waals surface area (Å²) < 4.78 is 13.5. The number of nitrogens with zero attached hydrogens (tertiary/aromatic N) is 2. The number of amides is 3. The Kier molecular flexibility index (Phi) is 10.5. The van der Waals surface area contributed by atoms with Gasteiger partial charge in [-0.1, -0.05) is 65.4 Å². The highest BCUT2D eigenvalue weighted by atomic mass is 79.9. The Morgan fingerprint density at radius 2 is 1.74 bits per heavy atom. The van der Waals surface area contributed by atoms with E-state index >= 15 is 4.79 Å². The number of carbonyl (C=O) groups is 3. The first-order valence-electron chi connectivity index (χ1n) is 18.5. The van der Waals surface area contributed by atoms with Crippen LogP contribution in [0.15, 0.2) is 95.5 Å². The van der Waals surface area contributed by atoms with Crippen LogP contribution < -0.4 is 25.9 Å². The fraction of sp³-hybridized carbons (Fsp3) is 0.357. The molecule has 12 heteroatoms. The Balaban J connectivity index is 1.21. The number of hydrogen-bond donors (Lipinski definition) is 3. The number of methoxy groups -OCH3 is 1. The maximum Gasteiger partial charge on any atom is 0.264 e. The molecule has 2 fully saturated rings. The normalized spacial score (nSPS) is 23.6. The fourth-order valence-corrected chi connectivity index (χ4v) is 13.4. The number of nitrogen functional groups attached to an aromatic ring is 1. The number of carbonyl (C=O) groups excluding carboxylic acids is 3. The predicted molar refractivity (Wildman–Crippen MR) is 217 cm³/mol. The molecule has 282 valence electrons. The summed E-state index contributed by atoms with van der Waals surface area (Å²) in [5.74, 6) is 0.0434. The molecule has 0 radical (unpaired) electrons.